The van der Waals surface area contributed by atoms with Gasteiger partial charge in [0.2, 0.25) is 5.91 Å². The molecular formula is C29H51N5O4. The number of unbranched alkanes of at least 4 members (excludes halogenated alkanes) is 11. The first kappa shape index (κ1) is 31.8. The molecule has 2 rings (SSSR count). The lowest BCUT2D eigenvalue weighted by atomic mass is 10.1. The van der Waals surface area contributed by atoms with Crippen LogP contribution < -0.4 is 11.2 Å². The molecule has 0 aliphatic heterocycles. The van der Waals surface area contributed by atoms with Crippen molar-refractivity contribution in [2.24, 2.45) is 14.1 Å². The van der Waals surface area contributed by atoms with Crippen molar-refractivity contribution in [1.29, 1.82) is 0 Å². The molecule has 0 fully saturated rings. The lowest BCUT2D eigenvalue weighted by molar-refractivity contribution is -0.132. The molecule has 0 aliphatic carbocycles. The molecule has 9 heteroatoms. The molecule has 1 unspecified atom stereocenters. The summed E-state index contributed by atoms with van der Waals surface area (Å²) < 4.78 is 4.43. The second kappa shape index (κ2) is 17.2. The number of hydrogen-bond acceptors (Lipinski definition) is 5. The highest BCUT2D eigenvalue weighted by atomic mass is 16.3. The number of rotatable bonds is 20. The van der Waals surface area contributed by atoms with Gasteiger partial charge in [0.25, 0.3) is 5.56 Å². The Morgan fingerprint density at radius 2 is 1.53 bits per heavy atom. The first-order valence-corrected chi connectivity index (χ1v) is 14.9. The third kappa shape index (κ3) is 9.71. The molecule has 2 heterocycles. The molecule has 9 nitrogen and oxygen atoms in total. The zero-order valence-electron chi connectivity index (χ0n) is 24.3. The summed E-state index contributed by atoms with van der Waals surface area (Å²) in [7, 11) is 3.42. The van der Waals surface area contributed by atoms with E-state index in [9.17, 15) is 19.5 Å². The third-order valence-electron chi connectivity index (χ3n) is 7.49. The first-order valence-electron chi connectivity index (χ1n) is 14.9. The van der Waals surface area contributed by atoms with Crippen LogP contribution in [0.4, 0.5) is 0 Å². The van der Waals surface area contributed by atoms with Crippen LogP contribution in [0.2, 0.25) is 0 Å². The van der Waals surface area contributed by atoms with E-state index in [0.717, 1.165) is 70.8 Å². The highest BCUT2D eigenvalue weighted by Gasteiger charge is 2.16. The lowest BCUT2D eigenvalue weighted by Gasteiger charge is -2.25. The Labute approximate surface area is 227 Å². The van der Waals surface area contributed by atoms with E-state index in [1.54, 1.807) is 25.0 Å². The van der Waals surface area contributed by atoms with E-state index in [-0.39, 0.29) is 17.2 Å². The summed E-state index contributed by atoms with van der Waals surface area (Å²) in [5, 5.41) is 10.5. The zero-order valence-corrected chi connectivity index (χ0v) is 24.3. The minimum absolute atomic E-state index is 0.137. The number of hydrogen-bond donors (Lipinski definition) is 1. The van der Waals surface area contributed by atoms with E-state index in [2.05, 4.69) is 11.9 Å². The molecule has 2 aromatic rings. The van der Waals surface area contributed by atoms with Crippen LogP contribution in [0.15, 0.2) is 15.9 Å². The highest BCUT2D eigenvalue weighted by Crippen LogP contribution is 2.13. The van der Waals surface area contributed by atoms with Crippen LogP contribution in [-0.4, -0.2) is 53.8 Å². The number of aliphatic hydroxyl groups excluding tert-OH is 1. The van der Waals surface area contributed by atoms with Crippen molar-refractivity contribution in [2.45, 2.75) is 123 Å². The summed E-state index contributed by atoms with van der Waals surface area (Å²) in [6.07, 6.45) is 16.5. The Morgan fingerprint density at radius 3 is 2.18 bits per heavy atom. The SMILES string of the molecule is CCCCCCCCN(CC(O)CCCCCCCCCn1c(=O)c2c(ncn2C)n(C)c1=O)C(=O)CC. The molecule has 38 heavy (non-hydrogen) atoms. The number of amides is 1. The number of nitrogens with zero attached hydrogens (tertiary/aromatic N) is 5. The number of carbonyl (C=O) groups excluding carboxylic acids is 1. The van der Waals surface area contributed by atoms with Crippen molar-refractivity contribution < 1.29 is 9.90 Å². The Morgan fingerprint density at radius 1 is 0.921 bits per heavy atom. The average molecular weight is 534 g/mol. The summed E-state index contributed by atoms with van der Waals surface area (Å²) in [5.41, 5.74) is 0.295. The van der Waals surface area contributed by atoms with Crippen LogP contribution in [-0.2, 0) is 25.4 Å². The van der Waals surface area contributed by atoms with E-state index < -0.39 is 6.10 Å². The fourth-order valence-corrected chi connectivity index (χ4v) is 5.10. The minimum Gasteiger partial charge on any atom is -0.391 e. The smallest absolute Gasteiger partial charge is 0.332 e. The molecule has 216 valence electrons. The molecule has 2 aromatic heterocycles. The van der Waals surface area contributed by atoms with Crippen molar-refractivity contribution in [1.82, 2.24) is 23.6 Å². The Hall–Kier alpha value is -2.42. The van der Waals surface area contributed by atoms with Crippen molar-refractivity contribution in [3.63, 3.8) is 0 Å². The van der Waals surface area contributed by atoms with Gasteiger partial charge in [-0.25, -0.2) is 9.78 Å². The maximum Gasteiger partial charge on any atom is 0.332 e. The van der Waals surface area contributed by atoms with Crippen molar-refractivity contribution in [3.05, 3.63) is 27.2 Å². The molecule has 1 N–H and O–H groups in total. The minimum atomic E-state index is -0.455. The van der Waals surface area contributed by atoms with Gasteiger partial charge in [0.15, 0.2) is 11.2 Å². The van der Waals surface area contributed by atoms with Crippen molar-refractivity contribution in [2.75, 3.05) is 13.1 Å². The van der Waals surface area contributed by atoms with Gasteiger partial charge >= 0.3 is 5.69 Å². The van der Waals surface area contributed by atoms with Crippen LogP contribution in [0.25, 0.3) is 11.2 Å². The Balaban J connectivity index is 1.60. The maximum absolute atomic E-state index is 12.7. The number of aromatic nitrogens is 4. The fourth-order valence-electron chi connectivity index (χ4n) is 5.10. The molecule has 0 spiro atoms. The third-order valence-corrected chi connectivity index (χ3v) is 7.49. The summed E-state index contributed by atoms with van der Waals surface area (Å²) in [6.45, 7) is 5.73. The molecule has 1 amide bonds. The van der Waals surface area contributed by atoms with Gasteiger partial charge in [-0.1, -0.05) is 84.5 Å². The van der Waals surface area contributed by atoms with E-state index in [4.69, 9.17) is 0 Å². The predicted octanol–water partition coefficient (Wildman–Crippen LogP) is 4.51. The summed E-state index contributed by atoms with van der Waals surface area (Å²) >= 11 is 0. The van der Waals surface area contributed by atoms with E-state index in [0.29, 0.717) is 30.7 Å². The van der Waals surface area contributed by atoms with E-state index in [1.165, 1.54) is 34.8 Å². The van der Waals surface area contributed by atoms with Crippen LogP contribution >= 0.6 is 0 Å². The molecule has 0 radical (unpaired) electrons. The molecule has 0 aromatic carbocycles. The van der Waals surface area contributed by atoms with E-state index in [1.807, 2.05) is 11.8 Å². The van der Waals surface area contributed by atoms with Gasteiger partial charge in [-0.15, -0.1) is 0 Å². The predicted molar refractivity (Wildman–Crippen MR) is 153 cm³/mol. The van der Waals surface area contributed by atoms with Gasteiger partial charge < -0.3 is 14.6 Å². The van der Waals surface area contributed by atoms with Crippen LogP contribution in [0.1, 0.15) is 110 Å². The molecule has 0 saturated heterocycles. The molecule has 0 saturated carbocycles. The average Bonchev–Trinajstić information content (AvgIpc) is 3.30. The molecule has 1 atom stereocenters. The molecule has 0 bridgehead atoms. The number of fused-ring (bicyclic) bond motifs is 1. The topological polar surface area (TPSA) is 102 Å². The largest absolute Gasteiger partial charge is 0.391 e. The van der Waals surface area contributed by atoms with E-state index >= 15 is 0 Å². The van der Waals surface area contributed by atoms with Crippen LogP contribution in [0.5, 0.6) is 0 Å². The quantitative estimate of drug-likeness (QED) is 0.252. The zero-order chi connectivity index (χ0) is 27.9. The van der Waals surface area contributed by atoms with Crippen LogP contribution in [0, 0.1) is 0 Å². The first-order chi connectivity index (χ1) is 18.3. The maximum atomic E-state index is 12.7. The normalized spacial score (nSPS) is 12.3. The van der Waals surface area contributed by atoms with Gasteiger partial charge in [0.05, 0.1) is 12.4 Å². The number of carbonyl (C=O) groups is 1. The van der Waals surface area contributed by atoms with Gasteiger partial charge in [0, 0.05) is 40.2 Å². The van der Waals surface area contributed by atoms with Gasteiger partial charge in [-0.2, -0.15) is 0 Å². The standard InChI is InChI=1S/C29H51N5O4/c1-5-7-8-9-14-17-20-33(25(36)6-2)22-24(35)19-16-13-11-10-12-15-18-21-34-28(37)26-27(30-23-31(26)3)32(4)29(34)38/h23-24,35H,5-22H2,1-4H3. The second-order valence-electron chi connectivity index (χ2n) is 10.7. The van der Waals surface area contributed by atoms with Crippen molar-refractivity contribution >= 4 is 17.1 Å². The number of aryl methyl sites for hydroxylation is 2. The van der Waals surface area contributed by atoms with Crippen LogP contribution in [0.3, 0.4) is 0 Å². The number of imidazole rings is 1. The van der Waals surface area contributed by atoms with Gasteiger partial charge in [-0.05, 0) is 19.3 Å². The van der Waals surface area contributed by atoms with Gasteiger partial charge in [-0.3, -0.25) is 18.7 Å². The number of aliphatic hydroxyl groups is 1. The fraction of sp³-hybridized carbons (Fsp3) is 0.793. The monoisotopic (exact) mass is 533 g/mol. The molecule has 0 aliphatic rings. The summed E-state index contributed by atoms with van der Waals surface area (Å²) in [4.78, 5) is 43.6. The summed E-state index contributed by atoms with van der Waals surface area (Å²) in [6, 6.07) is 0. The Bertz CT molecular complexity index is 1090. The Kier molecular flexibility index (Phi) is 14.4. The summed E-state index contributed by atoms with van der Waals surface area (Å²) in [5.74, 6) is 0.137. The highest BCUT2D eigenvalue weighted by molar-refractivity contribution is 5.75. The molecular weight excluding hydrogens is 482 g/mol. The van der Waals surface area contributed by atoms with Crippen molar-refractivity contribution in [3.8, 4) is 0 Å². The van der Waals surface area contributed by atoms with Gasteiger partial charge in [0.1, 0.15) is 0 Å². The second-order valence-corrected chi connectivity index (χ2v) is 10.7. The lowest BCUT2D eigenvalue weighted by Crippen LogP contribution is -2.39.